The summed E-state index contributed by atoms with van der Waals surface area (Å²) < 4.78 is 26.0. The number of hydrogen-bond acceptors (Lipinski definition) is 3. The van der Waals surface area contributed by atoms with Crippen molar-refractivity contribution >= 4 is 10.0 Å². The van der Waals surface area contributed by atoms with Gasteiger partial charge in [0.05, 0.1) is 5.75 Å². The fourth-order valence-electron chi connectivity index (χ4n) is 2.58. The Morgan fingerprint density at radius 3 is 2.32 bits per heavy atom. The first kappa shape index (κ1) is 16.9. The molecule has 19 heavy (non-hydrogen) atoms. The van der Waals surface area contributed by atoms with Crippen LogP contribution in [0.1, 0.15) is 52.4 Å². The Morgan fingerprint density at radius 2 is 1.79 bits per heavy atom. The SMILES string of the molecule is CC(C)C(N)CCN(C)S(=O)(=O)CC1CCCCC1. The molecule has 114 valence electrons. The number of nitrogens with two attached hydrogens (primary N) is 1. The minimum absolute atomic E-state index is 0.0762. The molecular formula is C14H30N2O2S. The maximum Gasteiger partial charge on any atom is 0.214 e. The van der Waals surface area contributed by atoms with Gasteiger partial charge in [-0.25, -0.2) is 12.7 Å². The molecule has 0 spiro atoms. The van der Waals surface area contributed by atoms with Crippen LogP contribution in [0.2, 0.25) is 0 Å². The van der Waals surface area contributed by atoms with Crippen molar-refractivity contribution in [1.29, 1.82) is 0 Å². The van der Waals surface area contributed by atoms with E-state index in [0.29, 0.717) is 24.1 Å². The van der Waals surface area contributed by atoms with Gasteiger partial charge >= 0.3 is 0 Å². The summed E-state index contributed by atoms with van der Waals surface area (Å²) in [6, 6.07) is 0.0762. The van der Waals surface area contributed by atoms with Gasteiger partial charge < -0.3 is 5.73 Å². The van der Waals surface area contributed by atoms with Crippen LogP contribution in [0.4, 0.5) is 0 Å². The molecule has 1 fully saturated rings. The highest BCUT2D eigenvalue weighted by molar-refractivity contribution is 7.89. The standard InChI is InChI=1S/C14H30N2O2S/c1-12(2)14(15)9-10-16(3)19(17,18)11-13-7-5-4-6-8-13/h12-14H,4-11,15H2,1-3H3. The van der Waals surface area contributed by atoms with Crippen molar-refractivity contribution in [3.8, 4) is 0 Å². The zero-order valence-corrected chi connectivity index (χ0v) is 13.5. The molecule has 1 aliphatic carbocycles. The van der Waals surface area contributed by atoms with E-state index in [0.717, 1.165) is 19.3 Å². The summed E-state index contributed by atoms with van der Waals surface area (Å²) >= 11 is 0. The zero-order chi connectivity index (χ0) is 14.5. The van der Waals surface area contributed by atoms with E-state index < -0.39 is 10.0 Å². The van der Waals surface area contributed by atoms with Gasteiger partial charge in [-0.1, -0.05) is 33.1 Å². The molecular weight excluding hydrogens is 260 g/mol. The van der Waals surface area contributed by atoms with Gasteiger partial charge in [-0.15, -0.1) is 0 Å². The first-order valence-electron chi connectivity index (χ1n) is 7.52. The van der Waals surface area contributed by atoms with E-state index in [9.17, 15) is 8.42 Å². The van der Waals surface area contributed by atoms with Crippen molar-refractivity contribution in [2.75, 3.05) is 19.3 Å². The molecule has 1 rings (SSSR count). The third-order valence-electron chi connectivity index (χ3n) is 4.28. The van der Waals surface area contributed by atoms with E-state index in [-0.39, 0.29) is 6.04 Å². The lowest BCUT2D eigenvalue weighted by atomic mass is 9.91. The molecule has 1 saturated carbocycles. The van der Waals surface area contributed by atoms with Gasteiger partial charge in [0.25, 0.3) is 0 Å². The van der Waals surface area contributed by atoms with Crippen LogP contribution in [-0.2, 0) is 10.0 Å². The molecule has 0 aliphatic heterocycles. The highest BCUT2D eigenvalue weighted by atomic mass is 32.2. The van der Waals surface area contributed by atoms with Gasteiger partial charge in [0.2, 0.25) is 10.0 Å². The molecule has 0 radical (unpaired) electrons. The van der Waals surface area contributed by atoms with E-state index in [1.165, 1.54) is 23.6 Å². The Morgan fingerprint density at radius 1 is 1.21 bits per heavy atom. The summed E-state index contributed by atoms with van der Waals surface area (Å²) in [5.74, 6) is 1.08. The number of hydrogen-bond donors (Lipinski definition) is 1. The lowest BCUT2D eigenvalue weighted by molar-refractivity contribution is 0.367. The first-order valence-corrected chi connectivity index (χ1v) is 9.13. The summed E-state index contributed by atoms with van der Waals surface area (Å²) in [5.41, 5.74) is 5.97. The molecule has 1 aliphatic rings. The molecule has 0 bridgehead atoms. The van der Waals surface area contributed by atoms with E-state index in [1.807, 2.05) is 0 Å². The van der Waals surface area contributed by atoms with Crippen LogP contribution >= 0.6 is 0 Å². The summed E-state index contributed by atoms with van der Waals surface area (Å²) in [5, 5.41) is 0. The van der Waals surface area contributed by atoms with Gasteiger partial charge in [0, 0.05) is 19.6 Å². The Kier molecular flexibility index (Phi) is 6.77. The van der Waals surface area contributed by atoms with Crippen molar-refractivity contribution in [3.63, 3.8) is 0 Å². The monoisotopic (exact) mass is 290 g/mol. The van der Waals surface area contributed by atoms with Gasteiger partial charge in [-0.05, 0) is 31.1 Å². The van der Waals surface area contributed by atoms with Crippen LogP contribution < -0.4 is 5.73 Å². The van der Waals surface area contributed by atoms with Gasteiger partial charge in [0.1, 0.15) is 0 Å². The van der Waals surface area contributed by atoms with Crippen molar-refractivity contribution in [1.82, 2.24) is 4.31 Å². The maximum atomic E-state index is 12.3. The van der Waals surface area contributed by atoms with E-state index in [1.54, 1.807) is 7.05 Å². The molecule has 0 saturated heterocycles. The maximum absolute atomic E-state index is 12.3. The second-order valence-electron chi connectivity index (χ2n) is 6.30. The van der Waals surface area contributed by atoms with Crippen molar-refractivity contribution < 1.29 is 8.42 Å². The van der Waals surface area contributed by atoms with Crippen LogP contribution in [0.5, 0.6) is 0 Å². The first-order chi connectivity index (χ1) is 8.83. The van der Waals surface area contributed by atoms with E-state index in [4.69, 9.17) is 5.73 Å². The molecule has 5 heteroatoms. The fraction of sp³-hybridized carbons (Fsp3) is 1.00. The smallest absolute Gasteiger partial charge is 0.214 e. The normalized spacial score (nSPS) is 20.1. The van der Waals surface area contributed by atoms with Crippen molar-refractivity contribution in [2.24, 2.45) is 17.6 Å². The van der Waals surface area contributed by atoms with Crippen LogP contribution in [-0.4, -0.2) is 38.1 Å². The van der Waals surface area contributed by atoms with Gasteiger partial charge in [-0.3, -0.25) is 0 Å². The molecule has 0 amide bonds. The average molecular weight is 290 g/mol. The van der Waals surface area contributed by atoms with Crippen LogP contribution in [0.3, 0.4) is 0 Å². The number of rotatable bonds is 7. The summed E-state index contributed by atoms with van der Waals surface area (Å²) in [6.45, 7) is 4.68. The summed E-state index contributed by atoms with van der Waals surface area (Å²) in [4.78, 5) is 0. The molecule has 2 N–H and O–H groups in total. The number of sulfonamides is 1. The molecule has 0 heterocycles. The van der Waals surface area contributed by atoms with Crippen LogP contribution in [0, 0.1) is 11.8 Å². The minimum atomic E-state index is -3.10. The summed E-state index contributed by atoms with van der Waals surface area (Å²) in [7, 11) is -1.42. The summed E-state index contributed by atoms with van der Waals surface area (Å²) in [6.07, 6.45) is 6.50. The lowest BCUT2D eigenvalue weighted by Gasteiger charge is -2.25. The Balaban J connectivity index is 2.42. The molecule has 1 unspecified atom stereocenters. The third kappa shape index (κ3) is 5.79. The Hall–Kier alpha value is -0.130. The predicted octanol–water partition coefficient (Wildman–Crippen LogP) is 2.20. The molecule has 0 aromatic heterocycles. The fourth-order valence-corrected chi connectivity index (χ4v) is 4.15. The zero-order valence-electron chi connectivity index (χ0n) is 12.6. The van der Waals surface area contributed by atoms with Gasteiger partial charge in [-0.2, -0.15) is 0 Å². The Bertz CT molecular complexity index is 348. The number of nitrogens with zero attached hydrogens (tertiary/aromatic N) is 1. The second-order valence-corrected chi connectivity index (χ2v) is 8.42. The van der Waals surface area contributed by atoms with Crippen LogP contribution in [0.15, 0.2) is 0 Å². The second kappa shape index (κ2) is 7.60. The van der Waals surface area contributed by atoms with Crippen LogP contribution in [0.25, 0.3) is 0 Å². The molecule has 0 aromatic carbocycles. The highest BCUT2D eigenvalue weighted by Crippen LogP contribution is 2.25. The third-order valence-corrected chi connectivity index (χ3v) is 6.30. The topological polar surface area (TPSA) is 63.4 Å². The van der Waals surface area contributed by atoms with E-state index >= 15 is 0 Å². The molecule has 1 atom stereocenters. The lowest BCUT2D eigenvalue weighted by Crippen LogP contribution is -2.37. The van der Waals surface area contributed by atoms with Crippen molar-refractivity contribution in [3.05, 3.63) is 0 Å². The minimum Gasteiger partial charge on any atom is -0.327 e. The van der Waals surface area contributed by atoms with E-state index in [2.05, 4.69) is 13.8 Å². The molecule has 4 nitrogen and oxygen atoms in total. The van der Waals surface area contributed by atoms with Crippen molar-refractivity contribution in [2.45, 2.75) is 58.4 Å². The quantitative estimate of drug-likeness (QED) is 0.782. The predicted molar refractivity (Wildman–Crippen MR) is 80.4 cm³/mol. The van der Waals surface area contributed by atoms with Gasteiger partial charge in [0.15, 0.2) is 0 Å². The molecule has 0 aromatic rings. The highest BCUT2D eigenvalue weighted by Gasteiger charge is 2.25. The Labute approximate surface area is 118 Å². The largest absolute Gasteiger partial charge is 0.327 e. The average Bonchev–Trinajstić information content (AvgIpc) is 2.35.